The largest absolute Gasteiger partial charge is 0.497 e. The molecule has 0 amide bonds. The summed E-state index contributed by atoms with van der Waals surface area (Å²) in [6, 6.07) is 0. The Kier molecular flexibility index (Phi) is 5.26. The molecule has 5 aliphatic rings. The molecule has 2 heterocycles. The van der Waals surface area contributed by atoms with Crippen LogP contribution in [-0.2, 0) is 14.0 Å². The van der Waals surface area contributed by atoms with E-state index in [2.05, 4.69) is 46.8 Å². The van der Waals surface area contributed by atoms with Gasteiger partial charge in [-0.15, -0.1) is 0 Å². The molecule has 4 heteroatoms. The zero-order valence-electron chi connectivity index (χ0n) is 17.9. The van der Waals surface area contributed by atoms with Crippen LogP contribution in [0.3, 0.4) is 0 Å². The lowest BCUT2D eigenvalue weighted by Gasteiger charge is -2.64. The number of hydrogen-bond acceptors (Lipinski definition) is 3. The molecule has 2 aliphatic heterocycles. The predicted octanol–water partition coefficient (Wildman–Crippen LogP) is 5.77. The molecule has 150 valence electrons. The van der Waals surface area contributed by atoms with E-state index in [-0.39, 0.29) is 12.7 Å². The van der Waals surface area contributed by atoms with Gasteiger partial charge in [-0.25, -0.2) is 0 Å². The molecular formula is C23H37BO3. The summed E-state index contributed by atoms with van der Waals surface area (Å²) in [7, 11) is -0.0123. The Labute approximate surface area is 166 Å². The summed E-state index contributed by atoms with van der Waals surface area (Å²) in [4.78, 5) is 0. The molecule has 4 fully saturated rings. The molecule has 5 rings (SSSR count). The smallest absolute Gasteiger partial charge is 0.457 e. The van der Waals surface area contributed by atoms with E-state index in [1.54, 1.807) is 0 Å². The normalized spacial score (nSPS) is 39.7. The lowest BCUT2D eigenvalue weighted by atomic mass is 9.43. The fraction of sp³-hybridized carbons (Fsp3) is 0.826. The van der Waals surface area contributed by atoms with E-state index < -0.39 is 0 Å². The lowest BCUT2D eigenvalue weighted by molar-refractivity contribution is -0.199. The molecule has 0 aromatic carbocycles. The molecule has 0 radical (unpaired) electrons. The third kappa shape index (κ3) is 3.21. The average molecular weight is 372 g/mol. The second kappa shape index (κ2) is 7.26. The van der Waals surface area contributed by atoms with Gasteiger partial charge in [0, 0.05) is 12.3 Å². The molecule has 5 atom stereocenters. The van der Waals surface area contributed by atoms with Gasteiger partial charge in [-0.3, -0.25) is 0 Å². The first kappa shape index (κ1) is 19.6. The maximum atomic E-state index is 6.56. The minimum Gasteiger partial charge on any atom is -0.497 e. The van der Waals surface area contributed by atoms with Crippen LogP contribution in [0.4, 0.5) is 0 Å². The molecule has 2 bridgehead atoms. The zero-order valence-corrected chi connectivity index (χ0v) is 17.9. The van der Waals surface area contributed by atoms with Crippen molar-refractivity contribution in [2.75, 3.05) is 6.61 Å². The summed E-state index contributed by atoms with van der Waals surface area (Å²) in [6.45, 7) is 12.4. The van der Waals surface area contributed by atoms with Gasteiger partial charge in [-0.2, -0.15) is 0 Å². The summed E-state index contributed by atoms with van der Waals surface area (Å²) < 4.78 is 18.9. The average Bonchev–Trinajstić information content (AvgIpc) is 3.18. The molecule has 3 saturated carbocycles. The first-order valence-corrected chi connectivity index (χ1v) is 11.3. The van der Waals surface area contributed by atoms with Gasteiger partial charge in [-0.1, -0.05) is 46.3 Å². The minimum atomic E-state index is -0.0658. The van der Waals surface area contributed by atoms with Crippen molar-refractivity contribution in [3.63, 3.8) is 0 Å². The summed E-state index contributed by atoms with van der Waals surface area (Å²) in [5.74, 6) is 3.21. The molecule has 27 heavy (non-hydrogen) atoms. The standard InChI is InChI=1S/C23H37BO3/c1-6-8-11-18-16(15-25-19(18)7-2)10-9-12-24-26-21-14-17-13-20(22(17,3)4)23(21,5)27-24/h8,11,16-17,20-21H,6-7,9-10,12-15H2,1-5H3/b11-8-/t16-,17+,20+,21-,23+/m1/s1. The molecule has 3 nitrogen and oxygen atoms in total. The first-order valence-electron chi connectivity index (χ1n) is 11.3. The van der Waals surface area contributed by atoms with Gasteiger partial charge in [0.05, 0.1) is 24.1 Å². The second-order valence-electron chi connectivity index (χ2n) is 9.88. The van der Waals surface area contributed by atoms with Gasteiger partial charge in [0.15, 0.2) is 0 Å². The maximum absolute atomic E-state index is 6.56. The van der Waals surface area contributed by atoms with Gasteiger partial charge in [0.25, 0.3) is 0 Å². The van der Waals surface area contributed by atoms with Crippen LogP contribution in [0.5, 0.6) is 0 Å². The van der Waals surface area contributed by atoms with E-state index in [0.717, 1.165) is 44.5 Å². The van der Waals surface area contributed by atoms with E-state index in [4.69, 9.17) is 14.0 Å². The van der Waals surface area contributed by atoms with E-state index in [1.165, 1.54) is 24.2 Å². The fourth-order valence-electron chi connectivity index (χ4n) is 6.23. The Morgan fingerprint density at radius 3 is 2.70 bits per heavy atom. The van der Waals surface area contributed by atoms with Crippen LogP contribution < -0.4 is 0 Å². The van der Waals surface area contributed by atoms with Crippen LogP contribution in [0.2, 0.25) is 6.32 Å². The van der Waals surface area contributed by atoms with Gasteiger partial charge < -0.3 is 14.0 Å². The third-order valence-electron chi connectivity index (χ3n) is 8.07. The topological polar surface area (TPSA) is 27.7 Å². The molecule has 1 saturated heterocycles. The number of allylic oxidation sites excluding steroid dienone is 3. The number of ether oxygens (including phenoxy) is 1. The van der Waals surface area contributed by atoms with Gasteiger partial charge in [-0.05, 0) is 61.8 Å². The molecule has 0 N–H and O–H groups in total. The van der Waals surface area contributed by atoms with Crippen LogP contribution in [0.15, 0.2) is 23.5 Å². The monoisotopic (exact) mass is 372 g/mol. The lowest BCUT2D eigenvalue weighted by Crippen LogP contribution is -2.65. The quantitative estimate of drug-likeness (QED) is 0.531. The van der Waals surface area contributed by atoms with E-state index in [1.807, 2.05) is 0 Å². The number of rotatable bonds is 7. The fourth-order valence-corrected chi connectivity index (χ4v) is 6.23. The van der Waals surface area contributed by atoms with Crippen molar-refractivity contribution in [2.45, 2.75) is 91.2 Å². The highest BCUT2D eigenvalue weighted by atomic mass is 16.7. The molecule has 0 unspecified atom stereocenters. The SMILES string of the molecule is CC/C=C\C1=C(CC)OC[C@H]1CCCB1O[C@@H]2C[C@@H]3C[C@@H](C3(C)C)[C@]2(C)O1. The Bertz CT molecular complexity index is 625. The summed E-state index contributed by atoms with van der Waals surface area (Å²) in [5.41, 5.74) is 1.78. The van der Waals surface area contributed by atoms with Crippen molar-refractivity contribution >= 4 is 7.12 Å². The Morgan fingerprint density at radius 2 is 2.00 bits per heavy atom. The van der Waals surface area contributed by atoms with Gasteiger partial charge in [0.2, 0.25) is 0 Å². The van der Waals surface area contributed by atoms with Crippen molar-refractivity contribution in [1.29, 1.82) is 0 Å². The molecule has 0 aromatic heterocycles. The predicted molar refractivity (Wildman–Crippen MR) is 110 cm³/mol. The Morgan fingerprint density at radius 1 is 1.19 bits per heavy atom. The van der Waals surface area contributed by atoms with E-state index in [9.17, 15) is 0 Å². The van der Waals surface area contributed by atoms with Crippen LogP contribution in [0.25, 0.3) is 0 Å². The van der Waals surface area contributed by atoms with E-state index >= 15 is 0 Å². The van der Waals surface area contributed by atoms with Crippen molar-refractivity contribution in [3.05, 3.63) is 23.5 Å². The van der Waals surface area contributed by atoms with Crippen molar-refractivity contribution in [1.82, 2.24) is 0 Å². The van der Waals surface area contributed by atoms with Crippen molar-refractivity contribution in [3.8, 4) is 0 Å². The van der Waals surface area contributed by atoms with Crippen molar-refractivity contribution in [2.24, 2.45) is 23.2 Å². The highest BCUT2D eigenvalue weighted by molar-refractivity contribution is 6.45. The molecule has 3 aliphatic carbocycles. The first-order chi connectivity index (χ1) is 12.9. The van der Waals surface area contributed by atoms with Gasteiger partial charge in [0.1, 0.15) is 0 Å². The van der Waals surface area contributed by atoms with Crippen LogP contribution in [0, 0.1) is 23.2 Å². The Balaban J connectivity index is 1.31. The second-order valence-corrected chi connectivity index (χ2v) is 9.88. The highest BCUT2D eigenvalue weighted by Gasteiger charge is 2.67. The molecule has 0 aromatic rings. The summed E-state index contributed by atoms with van der Waals surface area (Å²) in [6.07, 6.45) is 12.8. The van der Waals surface area contributed by atoms with Crippen molar-refractivity contribution < 1.29 is 14.0 Å². The minimum absolute atomic E-state index is 0.0123. The third-order valence-corrected chi connectivity index (χ3v) is 8.07. The summed E-state index contributed by atoms with van der Waals surface area (Å²) in [5, 5.41) is 0. The molecular weight excluding hydrogens is 335 g/mol. The maximum Gasteiger partial charge on any atom is 0.457 e. The van der Waals surface area contributed by atoms with Crippen LogP contribution in [-0.4, -0.2) is 25.4 Å². The Hall–Kier alpha value is -0.735. The highest BCUT2D eigenvalue weighted by Crippen LogP contribution is 2.65. The molecule has 0 spiro atoms. The summed E-state index contributed by atoms with van der Waals surface area (Å²) >= 11 is 0. The van der Waals surface area contributed by atoms with Crippen LogP contribution >= 0.6 is 0 Å². The van der Waals surface area contributed by atoms with Crippen LogP contribution in [0.1, 0.15) is 73.1 Å². The zero-order chi connectivity index (χ0) is 19.2. The van der Waals surface area contributed by atoms with Gasteiger partial charge >= 0.3 is 7.12 Å². The number of hydrogen-bond donors (Lipinski definition) is 0. The van der Waals surface area contributed by atoms with E-state index in [0.29, 0.717) is 23.4 Å².